The highest BCUT2D eigenvalue weighted by atomic mass is 32.2. The van der Waals surface area contributed by atoms with Gasteiger partial charge in [0.05, 0.1) is 17.1 Å². The molecule has 1 aliphatic rings. The molecule has 1 aromatic rings. The predicted molar refractivity (Wildman–Crippen MR) is 71.6 cm³/mol. The van der Waals surface area contributed by atoms with E-state index in [0.717, 1.165) is 12.8 Å². The Kier molecular flexibility index (Phi) is 3.67. The summed E-state index contributed by atoms with van der Waals surface area (Å²) in [7, 11) is -3.32. The summed E-state index contributed by atoms with van der Waals surface area (Å²) in [6, 6.07) is 8.34. The molecule has 1 fully saturated rings. The number of hydrogen-bond acceptors (Lipinski definition) is 3. The Balaban J connectivity index is 2.12. The average Bonchev–Trinajstić information content (AvgIpc) is 2.35. The van der Waals surface area contributed by atoms with Crippen molar-refractivity contribution in [1.82, 2.24) is 0 Å². The summed E-state index contributed by atoms with van der Waals surface area (Å²) in [5.74, 6) is -0.876. The number of carboxylic acids is 1. The summed E-state index contributed by atoms with van der Waals surface area (Å²) >= 11 is 0. The summed E-state index contributed by atoms with van der Waals surface area (Å²) in [4.78, 5) is 11.2. The molecule has 1 N–H and O–H groups in total. The van der Waals surface area contributed by atoms with E-state index in [9.17, 15) is 13.2 Å². The molecule has 0 radical (unpaired) electrons. The topological polar surface area (TPSA) is 71.4 Å². The minimum absolute atomic E-state index is 0.0425. The van der Waals surface area contributed by atoms with Crippen molar-refractivity contribution in [2.45, 2.75) is 31.1 Å². The van der Waals surface area contributed by atoms with Gasteiger partial charge in [0.1, 0.15) is 0 Å². The van der Waals surface area contributed by atoms with Crippen LogP contribution in [0.5, 0.6) is 0 Å². The fourth-order valence-electron chi connectivity index (χ4n) is 2.69. The third-order valence-electron chi connectivity index (χ3n) is 4.13. The van der Waals surface area contributed by atoms with E-state index < -0.39 is 15.8 Å². The highest BCUT2D eigenvalue weighted by Crippen LogP contribution is 2.49. The van der Waals surface area contributed by atoms with Crippen molar-refractivity contribution in [2.24, 2.45) is 11.3 Å². The van der Waals surface area contributed by atoms with E-state index in [2.05, 4.69) is 0 Å². The molecule has 2 atom stereocenters. The van der Waals surface area contributed by atoms with Crippen molar-refractivity contribution in [1.29, 1.82) is 0 Å². The zero-order valence-electron chi connectivity index (χ0n) is 10.9. The van der Waals surface area contributed by atoms with Crippen LogP contribution >= 0.6 is 0 Å². The standard InChI is InChI=1S/C14H18O4S/c1-14(9-13(15)16)8-7-11(14)10-19(17,18)12-5-3-2-4-6-12/h2-6,11H,7-10H2,1H3,(H,15,16)/t11-,14+/m1/s1. The molecular weight excluding hydrogens is 264 g/mol. The van der Waals surface area contributed by atoms with Crippen LogP contribution in [0.25, 0.3) is 0 Å². The Bertz CT molecular complexity index is 564. The van der Waals surface area contributed by atoms with Gasteiger partial charge in [0, 0.05) is 0 Å². The first-order valence-corrected chi connectivity index (χ1v) is 7.98. The molecule has 0 unspecified atom stereocenters. The highest BCUT2D eigenvalue weighted by molar-refractivity contribution is 7.91. The minimum atomic E-state index is -3.32. The molecule has 4 nitrogen and oxygen atoms in total. The minimum Gasteiger partial charge on any atom is -0.481 e. The number of carbonyl (C=O) groups is 1. The van der Waals surface area contributed by atoms with Gasteiger partial charge in [-0.25, -0.2) is 8.42 Å². The third kappa shape index (κ3) is 2.97. The maximum atomic E-state index is 12.3. The lowest BCUT2D eigenvalue weighted by atomic mass is 9.60. The van der Waals surface area contributed by atoms with E-state index in [1.54, 1.807) is 30.3 Å². The molecule has 5 heteroatoms. The molecule has 104 valence electrons. The average molecular weight is 282 g/mol. The fourth-order valence-corrected chi connectivity index (χ4v) is 4.56. The van der Waals surface area contributed by atoms with Crippen molar-refractivity contribution in [3.63, 3.8) is 0 Å². The Morgan fingerprint density at radius 1 is 1.37 bits per heavy atom. The molecule has 0 aromatic heterocycles. The van der Waals surface area contributed by atoms with Crippen LogP contribution in [0.2, 0.25) is 0 Å². The highest BCUT2D eigenvalue weighted by Gasteiger charge is 2.46. The van der Waals surface area contributed by atoms with Crippen LogP contribution in [-0.2, 0) is 14.6 Å². The van der Waals surface area contributed by atoms with Crippen LogP contribution < -0.4 is 0 Å². The first-order valence-electron chi connectivity index (χ1n) is 6.33. The molecule has 1 aliphatic carbocycles. The summed E-state index contributed by atoms with van der Waals surface area (Å²) in [6.45, 7) is 1.87. The summed E-state index contributed by atoms with van der Waals surface area (Å²) in [5, 5.41) is 8.90. The molecule has 0 amide bonds. The molecule has 0 spiro atoms. The first-order chi connectivity index (χ1) is 8.83. The summed E-state index contributed by atoms with van der Waals surface area (Å²) < 4.78 is 24.5. The van der Waals surface area contributed by atoms with Gasteiger partial charge >= 0.3 is 5.97 Å². The zero-order chi connectivity index (χ0) is 14.1. The Labute approximate surface area is 113 Å². The molecular formula is C14H18O4S. The van der Waals surface area contributed by atoms with E-state index in [4.69, 9.17) is 5.11 Å². The normalized spacial score (nSPS) is 26.7. The van der Waals surface area contributed by atoms with Crippen LogP contribution in [0, 0.1) is 11.3 Å². The molecule has 0 heterocycles. The summed E-state index contributed by atoms with van der Waals surface area (Å²) in [5.41, 5.74) is -0.381. The Morgan fingerprint density at radius 3 is 2.47 bits per heavy atom. The molecule has 2 rings (SSSR count). The van der Waals surface area contributed by atoms with Crippen LogP contribution in [-0.4, -0.2) is 25.2 Å². The number of hydrogen-bond donors (Lipinski definition) is 1. The van der Waals surface area contributed by atoms with Crippen LogP contribution in [0.4, 0.5) is 0 Å². The lowest BCUT2D eigenvalue weighted by Crippen LogP contribution is -2.43. The van der Waals surface area contributed by atoms with Gasteiger partial charge in [0.2, 0.25) is 0 Å². The summed E-state index contributed by atoms with van der Waals surface area (Å²) in [6.07, 6.45) is 1.62. The van der Waals surface area contributed by atoms with Crippen LogP contribution in [0.3, 0.4) is 0 Å². The molecule has 0 aliphatic heterocycles. The maximum Gasteiger partial charge on any atom is 0.303 e. The van der Waals surface area contributed by atoms with Crippen molar-refractivity contribution in [3.8, 4) is 0 Å². The van der Waals surface area contributed by atoms with E-state index in [1.165, 1.54) is 0 Å². The zero-order valence-corrected chi connectivity index (χ0v) is 11.7. The van der Waals surface area contributed by atoms with Gasteiger partial charge in [-0.3, -0.25) is 4.79 Å². The Hall–Kier alpha value is -1.36. The smallest absolute Gasteiger partial charge is 0.303 e. The molecule has 19 heavy (non-hydrogen) atoms. The lowest BCUT2D eigenvalue weighted by molar-refractivity contribution is -0.142. The lowest BCUT2D eigenvalue weighted by Gasteiger charge is -2.46. The maximum absolute atomic E-state index is 12.3. The van der Waals surface area contributed by atoms with Crippen LogP contribution in [0.1, 0.15) is 26.2 Å². The second-order valence-electron chi connectivity index (χ2n) is 5.55. The van der Waals surface area contributed by atoms with E-state index in [1.807, 2.05) is 6.92 Å². The number of rotatable bonds is 5. The molecule has 0 saturated heterocycles. The number of carboxylic acid groups (broad SMARTS) is 1. The number of aliphatic carboxylic acids is 1. The van der Waals surface area contributed by atoms with Gasteiger partial charge in [-0.1, -0.05) is 25.1 Å². The molecule has 0 bridgehead atoms. The van der Waals surface area contributed by atoms with Gasteiger partial charge in [0.25, 0.3) is 0 Å². The van der Waals surface area contributed by atoms with Gasteiger partial charge < -0.3 is 5.11 Å². The fraction of sp³-hybridized carbons (Fsp3) is 0.500. The van der Waals surface area contributed by atoms with Crippen LogP contribution in [0.15, 0.2) is 35.2 Å². The quantitative estimate of drug-likeness (QED) is 0.900. The third-order valence-corrected chi connectivity index (χ3v) is 5.96. The largest absolute Gasteiger partial charge is 0.481 e. The van der Waals surface area contributed by atoms with E-state index >= 15 is 0 Å². The van der Waals surface area contributed by atoms with Gasteiger partial charge in [-0.05, 0) is 36.3 Å². The first kappa shape index (κ1) is 14.1. The van der Waals surface area contributed by atoms with Gasteiger partial charge in [-0.2, -0.15) is 0 Å². The van der Waals surface area contributed by atoms with Crippen molar-refractivity contribution in [2.75, 3.05) is 5.75 Å². The number of sulfone groups is 1. The molecule has 1 aromatic carbocycles. The predicted octanol–water partition coefficient (Wildman–Crippen LogP) is 2.35. The van der Waals surface area contributed by atoms with Gasteiger partial charge in [-0.15, -0.1) is 0 Å². The number of benzene rings is 1. The second kappa shape index (κ2) is 4.96. The SMILES string of the molecule is C[C@@]1(CC(=O)O)CC[C@@H]1CS(=O)(=O)c1ccccc1. The van der Waals surface area contributed by atoms with Crippen molar-refractivity contribution >= 4 is 15.8 Å². The molecule has 1 saturated carbocycles. The van der Waals surface area contributed by atoms with E-state index in [0.29, 0.717) is 4.90 Å². The monoisotopic (exact) mass is 282 g/mol. The van der Waals surface area contributed by atoms with Crippen molar-refractivity contribution < 1.29 is 18.3 Å². The second-order valence-corrected chi connectivity index (χ2v) is 7.59. The Morgan fingerprint density at radius 2 is 2.00 bits per heavy atom. The van der Waals surface area contributed by atoms with E-state index in [-0.39, 0.29) is 23.5 Å². The van der Waals surface area contributed by atoms with Gasteiger partial charge in [0.15, 0.2) is 9.84 Å². The van der Waals surface area contributed by atoms with Crippen molar-refractivity contribution in [3.05, 3.63) is 30.3 Å².